The second-order valence-corrected chi connectivity index (χ2v) is 3.29. The van der Waals surface area contributed by atoms with Gasteiger partial charge in [-0.25, -0.2) is 4.79 Å². The molecule has 3 heteroatoms. The van der Waals surface area contributed by atoms with Crippen LogP contribution in [0, 0.1) is 0 Å². The van der Waals surface area contributed by atoms with Gasteiger partial charge in [-0.05, 0) is 31.0 Å². The summed E-state index contributed by atoms with van der Waals surface area (Å²) < 4.78 is 5.29. The predicted molar refractivity (Wildman–Crippen MR) is 63.5 cm³/mol. The molecule has 86 valence electrons. The van der Waals surface area contributed by atoms with Crippen LogP contribution in [0.3, 0.4) is 0 Å². The van der Waals surface area contributed by atoms with E-state index in [2.05, 4.69) is 0 Å². The SMILES string of the molecule is CCC=C(C(=O)O)c1ccc(OCC)cc1. The van der Waals surface area contributed by atoms with E-state index in [1.54, 1.807) is 30.3 Å². The Morgan fingerprint density at radius 3 is 2.38 bits per heavy atom. The molecule has 0 aliphatic rings. The molecule has 3 nitrogen and oxygen atoms in total. The maximum absolute atomic E-state index is 11.0. The molecule has 1 aromatic rings. The van der Waals surface area contributed by atoms with E-state index in [-0.39, 0.29) is 0 Å². The topological polar surface area (TPSA) is 46.5 Å². The third kappa shape index (κ3) is 3.12. The molecule has 0 bridgehead atoms. The van der Waals surface area contributed by atoms with E-state index in [0.717, 1.165) is 5.75 Å². The van der Waals surface area contributed by atoms with Gasteiger partial charge < -0.3 is 9.84 Å². The third-order valence-corrected chi connectivity index (χ3v) is 2.11. The Hall–Kier alpha value is -1.77. The quantitative estimate of drug-likeness (QED) is 0.776. The molecule has 0 fully saturated rings. The number of hydrogen-bond acceptors (Lipinski definition) is 2. The Bertz CT molecular complexity index is 377. The van der Waals surface area contributed by atoms with Crippen molar-refractivity contribution >= 4 is 11.5 Å². The van der Waals surface area contributed by atoms with Crippen LogP contribution in [0.4, 0.5) is 0 Å². The van der Waals surface area contributed by atoms with E-state index >= 15 is 0 Å². The number of carboxylic acids is 1. The number of carboxylic acid groups (broad SMARTS) is 1. The molecular formula is C13H16O3. The van der Waals surface area contributed by atoms with Gasteiger partial charge in [-0.3, -0.25) is 0 Å². The number of hydrogen-bond donors (Lipinski definition) is 1. The van der Waals surface area contributed by atoms with Crippen LogP contribution in [0.1, 0.15) is 25.8 Å². The smallest absolute Gasteiger partial charge is 0.335 e. The molecule has 0 aliphatic carbocycles. The minimum atomic E-state index is -0.897. The summed E-state index contributed by atoms with van der Waals surface area (Å²) in [5.41, 5.74) is 1.04. The minimum Gasteiger partial charge on any atom is -0.494 e. The van der Waals surface area contributed by atoms with Crippen molar-refractivity contribution in [2.45, 2.75) is 20.3 Å². The Labute approximate surface area is 95.4 Å². The van der Waals surface area contributed by atoms with Gasteiger partial charge in [-0.1, -0.05) is 25.1 Å². The summed E-state index contributed by atoms with van der Waals surface area (Å²) in [6, 6.07) is 7.09. The van der Waals surface area contributed by atoms with Gasteiger partial charge >= 0.3 is 5.97 Å². The number of carbonyl (C=O) groups is 1. The largest absolute Gasteiger partial charge is 0.494 e. The highest BCUT2D eigenvalue weighted by atomic mass is 16.5. The van der Waals surface area contributed by atoms with E-state index in [9.17, 15) is 4.79 Å². The number of aliphatic carboxylic acids is 1. The second kappa shape index (κ2) is 5.95. The van der Waals surface area contributed by atoms with Crippen LogP contribution in [0.15, 0.2) is 30.3 Å². The number of rotatable bonds is 5. The molecular weight excluding hydrogens is 204 g/mol. The average Bonchev–Trinajstić information content (AvgIpc) is 2.27. The van der Waals surface area contributed by atoms with Crippen molar-refractivity contribution in [3.05, 3.63) is 35.9 Å². The first-order valence-corrected chi connectivity index (χ1v) is 5.35. The van der Waals surface area contributed by atoms with E-state index < -0.39 is 5.97 Å². The van der Waals surface area contributed by atoms with Crippen molar-refractivity contribution in [1.29, 1.82) is 0 Å². The number of ether oxygens (including phenoxy) is 1. The molecule has 16 heavy (non-hydrogen) atoms. The van der Waals surface area contributed by atoms with Crippen LogP contribution in [0.5, 0.6) is 5.75 Å². The number of benzene rings is 1. The van der Waals surface area contributed by atoms with Crippen LogP contribution in [-0.4, -0.2) is 17.7 Å². The van der Waals surface area contributed by atoms with E-state index in [4.69, 9.17) is 9.84 Å². The lowest BCUT2D eigenvalue weighted by atomic mass is 10.1. The molecule has 0 radical (unpaired) electrons. The van der Waals surface area contributed by atoms with Crippen molar-refractivity contribution in [1.82, 2.24) is 0 Å². The highest BCUT2D eigenvalue weighted by Crippen LogP contribution is 2.19. The van der Waals surface area contributed by atoms with Crippen molar-refractivity contribution < 1.29 is 14.6 Å². The molecule has 0 unspecified atom stereocenters. The Morgan fingerprint density at radius 1 is 1.31 bits per heavy atom. The van der Waals surface area contributed by atoms with Gasteiger partial charge in [0.15, 0.2) is 0 Å². The van der Waals surface area contributed by atoms with Crippen molar-refractivity contribution in [2.75, 3.05) is 6.61 Å². The standard InChI is InChI=1S/C13H16O3/c1-3-5-12(13(14)15)10-6-8-11(9-7-10)16-4-2/h5-9H,3-4H2,1-2H3,(H,14,15). The summed E-state index contributed by atoms with van der Waals surface area (Å²) in [6.45, 7) is 4.43. The summed E-state index contributed by atoms with van der Waals surface area (Å²) in [6.07, 6.45) is 2.41. The molecule has 0 aromatic heterocycles. The Morgan fingerprint density at radius 2 is 1.94 bits per heavy atom. The van der Waals surface area contributed by atoms with Crippen molar-refractivity contribution in [3.8, 4) is 5.75 Å². The van der Waals surface area contributed by atoms with Crippen molar-refractivity contribution in [3.63, 3.8) is 0 Å². The summed E-state index contributed by atoms with van der Waals surface area (Å²) in [5.74, 6) is -0.140. The van der Waals surface area contributed by atoms with Gasteiger partial charge in [-0.2, -0.15) is 0 Å². The van der Waals surface area contributed by atoms with Gasteiger partial charge in [0.2, 0.25) is 0 Å². The summed E-state index contributed by atoms with van der Waals surface area (Å²) in [5, 5.41) is 9.03. The van der Waals surface area contributed by atoms with Crippen molar-refractivity contribution in [2.24, 2.45) is 0 Å². The lowest BCUT2D eigenvalue weighted by Crippen LogP contribution is -2.00. The zero-order chi connectivity index (χ0) is 12.0. The number of allylic oxidation sites excluding steroid dienone is 1. The maximum Gasteiger partial charge on any atom is 0.335 e. The molecule has 1 rings (SSSR count). The molecule has 0 atom stereocenters. The normalized spacial score (nSPS) is 11.2. The second-order valence-electron chi connectivity index (χ2n) is 3.29. The van der Waals surface area contributed by atoms with Crippen LogP contribution in [0.2, 0.25) is 0 Å². The average molecular weight is 220 g/mol. The highest BCUT2D eigenvalue weighted by Gasteiger charge is 2.09. The van der Waals surface area contributed by atoms with Gasteiger partial charge in [0.1, 0.15) is 5.75 Å². The Kier molecular flexibility index (Phi) is 4.58. The first-order chi connectivity index (χ1) is 7.69. The van der Waals surface area contributed by atoms with Crippen LogP contribution in [0.25, 0.3) is 5.57 Å². The van der Waals surface area contributed by atoms with Crippen LogP contribution in [-0.2, 0) is 4.79 Å². The third-order valence-electron chi connectivity index (χ3n) is 2.11. The summed E-state index contributed by atoms with van der Waals surface area (Å²) in [4.78, 5) is 11.0. The first kappa shape index (κ1) is 12.3. The van der Waals surface area contributed by atoms with Crippen LogP contribution < -0.4 is 4.74 Å². The molecule has 0 spiro atoms. The molecule has 1 N–H and O–H groups in total. The predicted octanol–water partition coefficient (Wildman–Crippen LogP) is 2.96. The Balaban J connectivity index is 2.94. The van der Waals surface area contributed by atoms with Gasteiger partial charge in [0.25, 0.3) is 0 Å². The fraction of sp³-hybridized carbons (Fsp3) is 0.308. The zero-order valence-electron chi connectivity index (χ0n) is 9.56. The minimum absolute atomic E-state index is 0.338. The van der Waals surface area contributed by atoms with Crippen LogP contribution >= 0.6 is 0 Å². The lowest BCUT2D eigenvalue weighted by Gasteiger charge is -2.05. The molecule has 0 saturated carbocycles. The van der Waals surface area contributed by atoms with E-state index in [1.165, 1.54) is 0 Å². The molecule has 0 aliphatic heterocycles. The molecule has 0 saturated heterocycles. The molecule has 0 heterocycles. The maximum atomic E-state index is 11.0. The zero-order valence-corrected chi connectivity index (χ0v) is 9.56. The van der Waals surface area contributed by atoms with Gasteiger partial charge in [0.05, 0.1) is 12.2 Å². The van der Waals surface area contributed by atoms with E-state index in [1.807, 2.05) is 13.8 Å². The summed E-state index contributed by atoms with van der Waals surface area (Å²) in [7, 11) is 0. The fourth-order valence-corrected chi connectivity index (χ4v) is 1.43. The summed E-state index contributed by atoms with van der Waals surface area (Å²) >= 11 is 0. The monoisotopic (exact) mass is 220 g/mol. The van der Waals surface area contributed by atoms with Gasteiger partial charge in [-0.15, -0.1) is 0 Å². The fourth-order valence-electron chi connectivity index (χ4n) is 1.43. The lowest BCUT2D eigenvalue weighted by molar-refractivity contribution is -0.130. The first-order valence-electron chi connectivity index (χ1n) is 5.35. The van der Waals surface area contributed by atoms with Gasteiger partial charge in [0, 0.05) is 0 Å². The molecule has 1 aromatic carbocycles. The highest BCUT2D eigenvalue weighted by molar-refractivity contribution is 6.15. The van der Waals surface area contributed by atoms with E-state index in [0.29, 0.717) is 24.2 Å². The molecule has 0 amide bonds.